The molecule has 0 fully saturated rings. The molecule has 1 aromatic carbocycles. The van der Waals surface area contributed by atoms with E-state index in [1.807, 2.05) is 48.7 Å². The van der Waals surface area contributed by atoms with E-state index >= 15 is 0 Å². The first-order chi connectivity index (χ1) is 8.27. The lowest BCUT2D eigenvalue weighted by Gasteiger charge is -2.04. The Labute approximate surface area is 105 Å². The lowest BCUT2D eigenvalue weighted by atomic mass is 10.2. The molecule has 0 N–H and O–H groups in total. The molecule has 0 amide bonds. The zero-order valence-corrected chi connectivity index (χ0v) is 10.5. The molecule has 0 aliphatic carbocycles. The molecular formula is C14H14O2S. The van der Waals surface area contributed by atoms with E-state index < -0.39 is 0 Å². The highest BCUT2D eigenvalue weighted by atomic mass is 32.1. The molecule has 0 spiro atoms. The van der Waals surface area contributed by atoms with Gasteiger partial charge >= 0.3 is 5.97 Å². The van der Waals surface area contributed by atoms with Crippen molar-refractivity contribution in [1.29, 1.82) is 0 Å². The van der Waals surface area contributed by atoms with Crippen molar-refractivity contribution in [2.75, 3.05) is 6.61 Å². The van der Waals surface area contributed by atoms with E-state index in [1.165, 1.54) is 16.9 Å². The average Bonchev–Trinajstić information content (AvgIpc) is 2.77. The van der Waals surface area contributed by atoms with Crippen molar-refractivity contribution >= 4 is 17.3 Å². The van der Waals surface area contributed by atoms with Gasteiger partial charge < -0.3 is 4.74 Å². The summed E-state index contributed by atoms with van der Waals surface area (Å²) >= 11 is 1.43. The Morgan fingerprint density at radius 1 is 1.24 bits per heavy atom. The quantitative estimate of drug-likeness (QED) is 0.772. The van der Waals surface area contributed by atoms with Crippen molar-refractivity contribution in [1.82, 2.24) is 0 Å². The number of ether oxygens (including phenoxy) is 1. The predicted octanol–water partition coefficient (Wildman–Crippen LogP) is 3.46. The van der Waals surface area contributed by atoms with Crippen molar-refractivity contribution in [3.8, 4) is 0 Å². The van der Waals surface area contributed by atoms with Crippen LogP contribution in [-0.2, 0) is 11.2 Å². The van der Waals surface area contributed by atoms with Crippen molar-refractivity contribution in [3.63, 3.8) is 0 Å². The predicted molar refractivity (Wildman–Crippen MR) is 69.5 cm³/mol. The van der Waals surface area contributed by atoms with Crippen molar-refractivity contribution in [2.24, 2.45) is 0 Å². The summed E-state index contributed by atoms with van der Waals surface area (Å²) in [5.41, 5.74) is 2.17. The van der Waals surface area contributed by atoms with Gasteiger partial charge in [-0.3, -0.25) is 0 Å². The third-order valence-corrected chi connectivity index (χ3v) is 3.51. The average molecular weight is 246 g/mol. The summed E-state index contributed by atoms with van der Waals surface area (Å²) in [5.74, 6) is -0.214. The normalized spacial score (nSPS) is 10.2. The van der Waals surface area contributed by atoms with Crippen LogP contribution in [0.25, 0.3) is 0 Å². The summed E-state index contributed by atoms with van der Waals surface area (Å²) in [6.07, 6.45) is 0.761. The number of thiophene rings is 1. The van der Waals surface area contributed by atoms with E-state index in [-0.39, 0.29) is 5.97 Å². The van der Waals surface area contributed by atoms with Crippen LogP contribution in [0.2, 0.25) is 0 Å². The molecular weight excluding hydrogens is 232 g/mol. The number of hydrogen-bond donors (Lipinski definition) is 0. The van der Waals surface area contributed by atoms with Gasteiger partial charge in [-0.1, -0.05) is 30.3 Å². The second-order valence-corrected chi connectivity index (χ2v) is 4.72. The van der Waals surface area contributed by atoms with Crippen LogP contribution in [0.3, 0.4) is 0 Å². The topological polar surface area (TPSA) is 26.3 Å². The van der Waals surface area contributed by atoms with Gasteiger partial charge in [-0.25, -0.2) is 4.79 Å². The number of hydrogen-bond acceptors (Lipinski definition) is 3. The van der Waals surface area contributed by atoms with E-state index in [9.17, 15) is 4.79 Å². The van der Waals surface area contributed by atoms with Crippen molar-refractivity contribution < 1.29 is 9.53 Å². The Morgan fingerprint density at radius 3 is 2.65 bits per heavy atom. The van der Waals surface area contributed by atoms with Crippen LogP contribution in [0.5, 0.6) is 0 Å². The number of benzene rings is 1. The molecule has 0 atom stereocenters. The second kappa shape index (κ2) is 5.64. The minimum Gasteiger partial charge on any atom is -0.461 e. The molecule has 0 saturated carbocycles. The van der Waals surface area contributed by atoms with Crippen LogP contribution in [0.4, 0.5) is 0 Å². The minimum absolute atomic E-state index is 0.214. The number of rotatable bonds is 4. The number of carbonyl (C=O) groups is 1. The number of esters is 1. The fraction of sp³-hybridized carbons (Fsp3) is 0.214. The minimum atomic E-state index is -0.214. The molecule has 2 rings (SSSR count). The van der Waals surface area contributed by atoms with Gasteiger partial charge in [-0.15, -0.1) is 11.3 Å². The van der Waals surface area contributed by atoms with Gasteiger partial charge in [0.05, 0.1) is 6.61 Å². The zero-order valence-electron chi connectivity index (χ0n) is 9.68. The largest absolute Gasteiger partial charge is 0.461 e. The summed E-state index contributed by atoms with van der Waals surface area (Å²) in [7, 11) is 0. The van der Waals surface area contributed by atoms with Crippen LogP contribution in [0.15, 0.2) is 41.8 Å². The van der Waals surface area contributed by atoms with Gasteiger partial charge in [0.1, 0.15) is 4.88 Å². The fourth-order valence-electron chi connectivity index (χ4n) is 1.55. The van der Waals surface area contributed by atoms with Crippen LogP contribution in [0.1, 0.15) is 20.8 Å². The van der Waals surface area contributed by atoms with Gasteiger partial charge in [-0.05, 0) is 29.5 Å². The maximum atomic E-state index is 11.7. The van der Waals surface area contributed by atoms with E-state index in [1.54, 1.807) is 0 Å². The number of carbonyl (C=O) groups excluding carboxylic acids is 1. The summed E-state index contributed by atoms with van der Waals surface area (Å²) < 4.78 is 5.24. The highest BCUT2D eigenvalue weighted by Crippen LogP contribution is 2.16. The van der Waals surface area contributed by atoms with Gasteiger partial charge in [0.15, 0.2) is 0 Å². The molecule has 0 unspecified atom stereocenters. The highest BCUT2D eigenvalue weighted by Gasteiger charge is 2.11. The Morgan fingerprint density at radius 2 is 2.00 bits per heavy atom. The molecule has 2 aromatic rings. The van der Waals surface area contributed by atoms with Crippen molar-refractivity contribution in [3.05, 3.63) is 57.8 Å². The third-order valence-electron chi connectivity index (χ3n) is 2.51. The summed E-state index contributed by atoms with van der Waals surface area (Å²) in [5, 5.41) is 1.91. The summed E-state index contributed by atoms with van der Waals surface area (Å²) in [6, 6.07) is 11.9. The summed E-state index contributed by atoms with van der Waals surface area (Å²) in [4.78, 5) is 12.4. The Balaban J connectivity index is 1.84. The van der Waals surface area contributed by atoms with Crippen LogP contribution in [0, 0.1) is 6.92 Å². The van der Waals surface area contributed by atoms with Crippen LogP contribution < -0.4 is 0 Å². The Bertz CT molecular complexity index is 488. The molecule has 1 heterocycles. The monoisotopic (exact) mass is 246 g/mol. The maximum Gasteiger partial charge on any atom is 0.348 e. The SMILES string of the molecule is Cc1ccsc1C(=O)OCCc1ccccc1. The first-order valence-electron chi connectivity index (χ1n) is 5.52. The maximum absolute atomic E-state index is 11.7. The molecule has 1 aromatic heterocycles. The second-order valence-electron chi connectivity index (χ2n) is 3.80. The lowest BCUT2D eigenvalue weighted by Crippen LogP contribution is -2.07. The van der Waals surface area contributed by atoms with Gasteiger partial charge in [0, 0.05) is 6.42 Å². The van der Waals surface area contributed by atoms with E-state index in [4.69, 9.17) is 4.74 Å². The highest BCUT2D eigenvalue weighted by molar-refractivity contribution is 7.12. The van der Waals surface area contributed by atoms with E-state index in [0.29, 0.717) is 11.5 Å². The first kappa shape index (κ1) is 11.9. The number of aryl methyl sites for hydroxylation is 1. The summed E-state index contributed by atoms with van der Waals surface area (Å²) in [6.45, 7) is 2.35. The third kappa shape index (κ3) is 3.17. The molecule has 0 bridgehead atoms. The molecule has 0 radical (unpaired) electrons. The fourth-order valence-corrected chi connectivity index (χ4v) is 2.37. The van der Waals surface area contributed by atoms with Crippen LogP contribution >= 0.6 is 11.3 Å². The molecule has 88 valence electrons. The van der Waals surface area contributed by atoms with E-state index in [2.05, 4.69) is 0 Å². The first-order valence-corrected chi connectivity index (χ1v) is 6.40. The van der Waals surface area contributed by atoms with E-state index in [0.717, 1.165) is 12.0 Å². The Kier molecular flexibility index (Phi) is 3.94. The standard InChI is InChI=1S/C14H14O2S/c1-11-8-10-17-13(11)14(15)16-9-7-12-5-3-2-4-6-12/h2-6,8,10H,7,9H2,1H3. The molecule has 0 aliphatic rings. The zero-order chi connectivity index (χ0) is 12.1. The van der Waals surface area contributed by atoms with Crippen LogP contribution in [-0.4, -0.2) is 12.6 Å². The molecule has 0 aliphatic heterocycles. The van der Waals surface area contributed by atoms with Gasteiger partial charge in [-0.2, -0.15) is 0 Å². The Hall–Kier alpha value is -1.61. The molecule has 3 heteroatoms. The van der Waals surface area contributed by atoms with Gasteiger partial charge in [0.25, 0.3) is 0 Å². The molecule has 0 saturated heterocycles. The smallest absolute Gasteiger partial charge is 0.348 e. The molecule has 2 nitrogen and oxygen atoms in total. The molecule has 17 heavy (non-hydrogen) atoms. The lowest BCUT2D eigenvalue weighted by molar-refractivity contribution is 0.0514. The van der Waals surface area contributed by atoms with Gasteiger partial charge in [0.2, 0.25) is 0 Å². The van der Waals surface area contributed by atoms with Crippen molar-refractivity contribution in [2.45, 2.75) is 13.3 Å².